The molecule has 1 aliphatic rings. The summed E-state index contributed by atoms with van der Waals surface area (Å²) in [6.45, 7) is 5.65. The summed E-state index contributed by atoms with van der Waals surface area (Å²) in [7, 11) is 0. The first-order valence-electron chi connectivity index (χ1n) is 8.71. The van der Waals surface area contributed by atoms with Crippen molar-refractivity contribution in [3.05, 3.63) is 75.3 Å². The highest BCUT2D eigenvalue weighted by molar-refractivity contribution is 6.07. The fourth-order valence-electron chi connectivity index (χ4n) is 3.23. The molecule has 3 amide bonds. The molecule has 0 aromatic heterocycles. The van der Waals surface area contributed by atoms with E-state index in [1.807, 2.05) is 24.3 Å². The molecule has 1 N–H and O–H groups in total. The molecular weight excluding hydrogens is 346 g/mol. The normalized spacial score (nSPS) is 19.5. The van der Waals surface area contributed by atoms with Crippen molar-refractivity contribution in [2.45, 2.75) is 38.8 Å². The molecular formula is C20H21N3O4. The van der Waals surface area contributed by atoms with Gasteiger partial charge in [0.05, 0.1) is 11.5 Å². The van der Waals surface area contributed by atoms with Crippen LogP contribution in [0.1, 0.15) is 43.4 Å². The second kappa shape index (κ2) is 6.83. The molecule has 1 fully saturated rings. The molecule has 1 atom stereocenters. The monoisotopic (exact) mass is 367 g/mol. The van der Waals surface area contributed by atoms with Crippen molar-refractivity contribution in [3.63, 3.8) is 0 Å². The van der Waals surface area contributed by atoms with Gasteiger partial charge >= 0.3 is 6.03 Å². The molecule has 0 bridgehead atoms. The van der Waals surface area contributed by atoms with Crippen LogP contribution in [0.15, 0.2) is 48.5 Å². The summed E-state index contributed by atoms with van der Waals surface area (Å²) in [4.78, 5) is 37.2. The first kappa shape index (κ1) is 18.6. The van der Waals surface area contributed by atoms with Crippen LogP contribution >= 0.6 is 0 Å². The molecule has 1 saturated heterocycles. The number of hydrogen-bond acceptors (Lipinski definition) is 4. The van der Waals surface area contributed by atoms with Crippen LogP contribution in [-0.4, -0.2) is 21.8 Å². The highest BCUT2D eigenvalue weighted by Gasteiger charge is 2.49. The topological polar surface area (TPSA) is 92.6 Å². The lowest BCUT2D eigenvalue weighted by Gasteiger charge is -2.23. The summed E-state index contributed by atoms with van der Waals surface area (Å²) in [6.07, 6.45) is 0. The molecule has 1 aliphatic heterocycles. The number of imide groups is 1. The zero-order valence-corrected chi connectivity index (χ0v) is 15.4. The fourth-order valence-corrected chi connectivity index (χ4v) is 3.23. The molecule has 0 radical (unpaired) electrons. The van der Waals surface area contributed by atoms with E-state index in [9.17, 15) is 19.7 Å². The number of nitro benzene ring substituents is 1. The SMILES string of the molecule is CC(C)c1ccc(C2(C)NC(=O)N(Cc3ccccc3[N+](=O)[O-])C2=O)cc1. The van der Waals surface area contributed by atoms with E-state index in [2.05, 4.69) is 19.2 Å². The van der Waals surface area contributed by atoms with E-state index in [-0.39, 0.29) is 12.2 Å². The molecule has 7 nitrogen and oxygen atoms in total. The lowest BCUT2D eigenvalue weighted by molar-refractivity contribution is -0.385. The molecule has 1 unspecified atom stereocenters. The van der Waals surface area contributed by atoms with Crippen LogP contribution in [0.3, 0.4) is 0 Å². The Morgan fingerprint density at radius 3 is 2.33 bits per heavy atom. The Morgan fingerprint density at radius 1 is 1.11 bits per heavy atom. The van der Waals surface area contributed by atoms with Crippen molar-refractivity contribution >= 4 is 17.6 Å². The summed E-state index contributed by atoms with van der Waals surface area (Å²) in [5.74, 6) is -0.0706. The highest BCUT2D eigenvalue weighted by atomic mass is 16.6. The van der Waals surface area contributed by atoms with E-state index in [0.29, 0.717) is 17.0 Å². The predicted octanol–water partition coefficient (Wildman–Crippen LogP) is 3.69. The van der Waals surface area contributed by atoms with E-state index in [1.54, 1.807) is 25.1 Å². The number of rotatable bonds is 5. The van der Waals surface area contributed by atoms with Crippen LogP contribution < -0.4 is 5.32 Å². The Morgan fingerprint density at radius 2 is 1.74 bits per heavy atom. The van der Waals surface area contributed by atoms with Gasteiger partial charge in [0.25, 0.3) is 11.6 Å². The van der Waals surface area contributed by atoms with Crippen LogP contribution in [0.5, 0.6) is 0 Å². The van der Waals surface area contributed by atoms with Crippen molar-refractivity contribution in [2.24, 2.45) is 0 Å². The van der Waals surface area contributed by atoms with Gasteiger partial charge in [0, 0.05) is 11.6 Å². The van der Waals surface area contributed by atoms with Gasteiger partial charge in [-0.3, -0.25) is 19.8 Å². The maximum absolute atomic E-state index is 13.0. The van der Waals surface area contributed by atoms with Crippen LogP contribution in [0.2, 0.25) is 0 Å². The third-order valence-corrected chi connectivity index (χ3v) is 4.95. The van der Waals surface area contributed by atoms with Gasteiger partial charge in [-0.05, 0) is 24.0 Å². The molecule has 140 valence electrons. The number of urea groups is 1. The number of para-hydroxylation sites is 1. The van der Waals surface area contributed by atoms with Gasteiger partial charge in [0.15, 0.2) is 0 Å². The van der Waals surface area contributed by atoms with Gasteiger partial charge in [-0.1, -0.05) is 56.3 Å². The van der Waals surface area contributed by atoms with Crippen LogP contribution in [0.4, 0.5) is 10.5 Å². The molecule has 7 heteroatoms. The van der Waals surface area contributed by atoms with Crippen LogP contribution in [-0.2, 0) is 16.9 Å². The number of carbonyl (C=O) groups is 2. The first-order chi connectivity index (χ1) is 12.7. The van der Waals surface area contributed by atoms with E-state index in [1.165, 1.54) is 6.07 Å². The highest BCUT2D eigenvalue weighted by Crippen LogP contribution is 2.32. The first-order valence-corrected chi connectivity index (χ1v) is 8.71. The predicted molar refractivity (Wildman–Crippen MR) is 100 cm³/mol. The molecule has 1 heterocycles. The van der Waals surface area contributed by atoms with Gasteiger partial charge in [0.2, 0.25) is 0 Å². The number of amides is 3. The van der Waals surface area contributed by atoms with Crippen molar-refractivity contribution in [1.82, 2.24) is 10.2 Å². The maximum Gasteiger partial charge on any atom is 0.325 e. The van der Waals surface area contributed by atoms with Gasteiger partial charge in [-0.15, -0.1) is 0 Å². The molecule has 27 heavy (non-hydrogen) atoms. The number of hydrogen-bond donors (Lipinski definition) is 1. The van der Waals surface area contributed by atoms with E-state index in [4.69, 9.17) is 0 Å². The largest absolute Gasteiger partial charge is 0.325 e. The number of nitro groups is 1. The number of nitrogens with one attached hydrogen (secondary N) is 1. The number of carbonyl (C=O) groups excluding carboxylic acids is 2. The Labute approximate surface area is 157 Å². The standard InChI is InChI=1S/C20H21N3O4/c1-13(2)14-8-10-16(11-9-14)20(3)18(24)22(19(25)21-20)12-15-6-4-5-7-17(15)23(26)27/h4-11,13H,12H2,1-3H3,(H,21,25). The Bertz CT molecular complexity index is 908. The third kappa shape index (κ3) is 3.28. The average Bonchev–Trinajstić information content (AvgIpc) is 2.86. The van der Waals surface area contributed by atoms with Crippen LogP contribution in [0.25, 0.3) is 0 Å². The molecule has 2 aromatic rings. The van der Waals surface area contributed by atoms with Crippen LogP contribution in [0, 0.1) is 10.1 Å². The number of benzene rings is 2. The molecule has 0 aliphatic carbocycles. The van der Waals surface area contributed by atoms with Crippen molar-refractivity contribution in [2.75, 3.05) is 0 Å². The van der Waals surface area contributed by atoms with E-state index < -0.39 is 22.4 Å². The minimum absolute atomic E-state index is 0.118. The summed E-state index contributed by atoms with van der Waals surface area (Å²) in [5.41, 5.74) is 0.806. The molecule has 0 spiro atoms. The summed E-state index contributed by atoms with van der Waals surface area (Å²) in [6, 6.07) is 13.1. The second-order valence-corrected chi connectivity index (χ2v) is 7.11. The van der Waals surface area contributed by atoms with Crippen molar-refractivity contribution in [1.29, 1.82) is 0 Å². The minimum Gasteiger partial charge on any atom is -0.319 e. The second-order valence-electron chi connectivity index (χ2n) is 7.11. The molecule has 2 aromatic carbocycles. The van der Waals surface area contributed by atoms with Gasteiger partial charge in [-0.25, -0.2) is 4.79 Å². The Kier molecular flexibility index (Phi) is 4.70. The summed E-state index contributed by atoms with van der Waals surface area (Å²) in [5, 5.41) is 13.9. The zero-order valence-electron chi connectivity index (χ0n) is 15.4. The van der Waals surface area contributed by atoms with E-state index >= 15 is 0 Å². The summed E-state index contributed by atoms with van der Waals surface area (Å²) < 4.78 is 0. The van der Waals surface area contributed by atoms with Crippen molar-refractivity contribution < 1.29 is 14.5 Å². The van der Waals surface area contributed by atoms with Crippen molar-refractivity contribution in [3.8, 4) is 0 Å². The zero-order chi connectivity index (χ0) is 19.8. The minimum atomic E-state index is -1.20. The lowest BCUT2D eigenvalue weighted by atomic mass is 9.90. The average molecular weight is 367 g/mol. The van der Waals surface area contributed by atoms with Gasteiger partial charge in [-0.2, -0.15) is 0 Å². The third-order valence-electron chi connectivity index (χ3n) is 4.95. The lowest BCUT2D eigenvalue weighted by Crippen LogP contribution is -2.40. The smallest absolute Gasteiger partial charge is 0.319 e. The fraction of sp³-hybridized carbons (Fsp3) is 0.300. The quantitative estimate of drug-likeness (QED) is 0.495. The summed E-state index contributed by atoms with van der Waals surface area (Å²) >= 11 is 0. The molecule has 0 saturated carbocycles. The van der Waals surface area contributed by atoms with Gasteiger partial charge < -0.3 is 5.32 Å². The van der Waals surface area contributed by atoms with E-state index in [0.717, 1.165) is 10.5 Å². The maximum atomic E-state index is 13.0. The Balaban J connectivity index is 1.90. The van der Waals surface area contributed by atoms with Gasteiger partial charge in [0.1, 0.15) is 5.54 Å². The molecule has 3 rings (SSSR count). The number of nitrogens with zero attached hydrogens (tertiary/aromatic N) is 2. The Hall–Kier alpha value is -3.22.